The third-order valence-corrected chi connectivity index (χ3v) is 3.57. The van der Waals surface area contributed by atoms with Crippen LogP contribution in [0.3, 0.4) is 0 Å². The van der Waals surface area contributed by atoms with Crippen molar-refractivity contribution in [2.24, 2.45) is 0 Å². The van der Waals surface area contributed by atoms with Gasteiger partial charge in [-0.1, -0.05) is 31.1 Å². The van der Waals surface area contributed by atoms with Crippen LogP contribution in [0.5, 0.6) is 5.75 Å². The number of rotatable bonds is 8. The van der Waals surface area contributed by atoms with Crippen LogP contribution in [0.4, 0.5) is 0 Å². The largest absolute Gasteiger partial charge is 0.497 e. The molecule has 0 bridgehead atoms. The van der Waals surface area contributed by atoms with E-state index in [1.165, 1.54) is 7.11 Å². The van der Waals surface area contributed by atoms with Gasteiger partial charge in [0.05, 0.1) is 7.11 Å². The first-order valence-corrected chi connectivity index (χ1v) is 7.89. The van der Waals surface area contributed by atoms with Crippen molar-refractivity contribution in [3.05, 3.63) is 41.5 Å². The predicted molar refractivity (Wildman–Crippen MR) is 88.2 cm³/mol. The van der Waals surface area contributed by atoms with Gasteiger partial charge in [0, 0.05) is 18.8 Å². The topological polar surface area (TPSA) is 115 Å². The number of benzene rings is 1. The van der Waals surface area contributed by atoms with Crippen molar-refractivity contribution in [3.63, 3.8) is 0 Å². The molecule has 1 unspecified atom stereocenters. The average molecular weight is 347 g/mol. The number of carboxylic acid groups (broad SMARTS) is 1. The Morgan fingerprint density at radius 1 is 1.28 bits per heavy atom. The molecule has 0 aliphatic carbocycles. The van der Waals surface area contributed by atoms with Crippen LogP contribution in [0, 0.1) is 0 Å². The number of nitrogens with zero attached hydrogens (tertiary/aromatic N) is 2. The van der Waals surface area contributed by atoms with Gasteiger partial charge < -0.3 is 19.7 Å². The molecule has 2 aromatic rings. The highest BCUT2D eigenvalue weighted by Crippen LogP contribution is 2.18. The molecule has 0 saturated heterocycles. The summed E-state index contributed by atoms with van der Waals surface area (Å²) in [6, 6.07) is 5.36. The third-order valence-electron chi connectivity index (χ3n) is 3.57. The molecule has 8 heteroatoms. The second-order valence-electron chi connectivity index (χ2n) is 5.81. The first-order valence-electron chi connectivity index (χ1n) is 7.89. The van der Waals surface area contributed by atoms with Crippen LogP contribution in [-0.4, -0.2) is 34.2 Å². The number of methoxy groups -OCH3 is 1. The van der Waals surface area contributed by atoms with E-state index >= 15 is 0 Å². The van der Waals surface area contributed by atoms with Crippen molar-refractivity contribution >= 4 is 11.9 Å². The zero-order valence-corrected chi connectivity index (χ0v) is 14.4. The number of aromatic nitrogens is 2. The lowest BCUT2D eigenvalue weighted by Gasteiger charge is -2.15. The third kappa shape index (κ3) is 5.03. The summed E-state index contributed by atoms with van der Waals surface area (Å²) in [6.45, 7) is 3.88. The molecule has 0 spiro atoms. The molecule has 1 atom stereocenters. The van der Waals surface area contributed by atoms with Crippen LogP contribution in [0.1, 0.15) is 49.5 Å². The van der Waals surface area contributed by atoms with Crippen molar-refractivity contribution in [1.82, 2.24) is 15.5 Å². The number of aliphatic carboxylic acids is 1. The van der Waals surface area contributed by atoms with E-state index in [2.05, 4.69) is 15.5 Å². The van der Waals surface area contributed by atoms with Gasteiger partial charge in [-0.3, -0.25) is 4.79 Å². The molecule has 0 fully saturated rings. The van der Waals surface area contributed by atoms with E-state index in [0.717, 1.165) is 0 Å². The molecule has 1 amide bonds. The van der Waals surface area contributed by atoms with E-state index in [0.29, 0.717) is 23.0 Å². The maximum atomic E-state index is 12.1. The fourth-order valence-corrected chi connectivity index (χ4v) is 2.14. The van der Waals surface area contributed by atoms with E-state index in [9.17, 15) is 14.7 Å². The lowest BCUT2D eigenvalue weighted by Crippen LogP contribution is -2.33. The van der Waals surface area contributed by atoms with E-state index in [1.54, 1.807) is 24.3 Å². The van der Waals surface area contributed by atoms with Crippen molar-refractivity contribution < 1.29 is 24.0 Å². The molecule has 0 aliphatic rings. The van der Waals surface area contributed by atoms with Crippen molar-refractivity contribution in [2.75, 3.05) is 7.11 Å². The minimum atomic E-state index is -1.14. The van der Waals surface area contributed by atoms with Crippen LogP contribution in [0.15, 0.2) is 28.8 Å². The van der Waals surface area contributed by atoms with Gasteiger partial charge in [0.1, 0.15) is 5.75 Å². The van der Waals surface area contributed by atoms with E-state index in [-0.39, 0.29) is 18.8 Å². The number of carboxylic acids is 1. The fourth-order valence-electron chi connectivity index (χ4n) is 2.14. The normalized spacial score (nSPS) is 12.0. The van der Waals surface area contributed by atoms with Gasteiger partial charge in [-0.15, -0.1) is 0 Å². The highest BCUT2D eigenvalue weighted by Gasteiger charge is 2.22. The van der Waals surface area contributed by atoms with Crippen LogP contribution in [0.2, 0.25) is 0 Å². The maximum absolute atomic E-state index is 12.1. The minimum absolute atomic E-state index is 0.0552. The summed E-state index contributed by atoms with van der Waals surface area (Å²) in [4.78, 5) is 27.7. The monoisotopic (exact) mass is 347 g/mol. The van der Waals surface area contributed by atoms with Crippen LogP contribution in [0.25, 0.3) is 0 Å². The van der Waals surface area contributed by atoms with Crippen LogP contribution >= 0.6 is 0 Å². The van der Waals surface area contributed by atoms with Gasteiger partial charge in [0.2, 0.25) is 11.8 Å². The zero-order chi connectivity index (χ0) is 18.4. The standard InChI is InChI=1S/C17H21N3O5/c1-10(2)16-19-14(25-20-16)9-8-13(21)18-15(17(22)23)11-4-6-12(24-3)7-5-11/h4-7,10,15H,8-9H2,1-3H3,(H,18,21)(H,22,23). The molecule has 25 heavy (non-hydrogen) atoms. The highest BCUT2D eigenvalue weighted by atomic mass is 16.5. The summed E-state index contributed by atoms with van der Waals surface area (Å²) in [5, 5.41) is 15.7. The molecular formula is C17H21N3O5. The Kier molecular flexibility index (Phi) is 6.10. The minimum Gasteiger partial charge on any atom is -0.497 e. The Labute approximate surface area is 145 Å². The summed E-state index contributed by atoms with van der Waals surface area (Å²) in [7, 11) is 1.52. The van der Waals surface area contributed by atoms with Gasteiger partial charge in [0.15, 0.2) is 11.9 Å². The first kappa shape index (κ1) is 18.4. The highest BCUT2D eigenvalue weighted by molar-refractivity contribution is 5.84. The molecule has 0 aliphatic heterocycles. The molecule has 0 saturated carbocycles. The Morgan fingerprint density at radius 3 is 2.48 bits per heavy atom. The summed E-state index contributed by atoms with van der Waals surface area (Å²) in [6.07, 6.45) is 0.306. The van der Waals surface area contributed by atoms with Crippen molar-refractivity contribution in [1.29, 1.82) is 0 Å². The van der Waals surface area contributed by atoms with Gasteiger partial charge in [-0.2, -0.15) is 4.98 Å². The van der Waals surface area contributed by atoms with E-state index in [4.69, 9.17) is 9.26 Å². The predicted octanol–water partition coefficient (Wildman–Crippen LogP) is 2.08. The van der Waals surface area contributed by atoms with Gasteiger partial charge in [-0.25, -0.2) is 4.79 Å². The maximum Gasteiger partial charge on any atom is 0.330 e. The quantitative estimate of drug-likeness (QED) is 0.751. The number of aryl methyl sites for hydroxylation is 1. The second kappa shape index (κ2) is 8.27. The summed E-state index contributed by atoms with van der Waals surface area (Å²) >= 11 is 0. The van der Waals surface area contributed by atoms with Crippen molar-refractivity contribution in [2.45, 2.75) is 38.6 Å². The van der Waals surface area contributed by atoms with Gasteiger partial charge in [0.25, 0.3) is 0 Å². The molecule has 2 rings (SSSR count). The fraction of sp³-hybridized carbons (Fsp3) is 0.412. The van der Waals surface area contributed by atoms with Crippen molar-refractivity contribution in [3.8, 4) is 5.75 Å². The lowest BCUT2D eigenvalue weighted by molar-refractivity contribution is -0.142. The number of nitrogens with one attached hydrogen (secondary N) is 1. The lowest BCUT2D eigenvalue weighted by atomic mass is 10.1. The van der Waals surface area contributed by atoms with E-state index < -0.39 is 17.9 Å². The number of carbonyl (C=O) groups excluding carboxylic acids is 1. The number of carbonyl (C=O) groups is 2. The molecule has 2 N–H and O–H groups in total. The number of amides is 1. The first-order chi connectivity index (χ1) is 11.9. The van der Waals surface area contributed by atoms with E-state index in [1.807, 2.05) is 13.8 Å². The Hall–Kier alpha value is -2.90. The average Bonchev–Trinajstić information content (AvgIpc) is 3.07. The molecule has 1 heterocycles. The smallest absolute Gasteiger partial charge is 0.330 e. The molecule has 8 nitrogen and oxygen atoms in total. The van der Waals surface area contributed by atoms with Crippen LogP contribution in [-0.2, 0) is 16.0 Å². The number of hydrogen-bond acceptors (Lipinski definition) is 6. The zero-order valence-electron chi connectivity index (χ0n) is 14.4. The summed E-state index contributed by atoms with van der Waals surface area (Å²) < 4.78 is 10.1. The molecular weight excluding hydrogens is 326 g/mol. The molecule has 1 aromatic heterocycles. The van der Waals surface area contributed by atoms with Gasteiger partial charge in [-0.05, 0) is 17.7 Å². The Morgan fingerprint density at radius 2 is 1.96 bits per heavy atom. The Balaban J connectivity index is 1.96. The number of hydrogen-bond donors (Lipinski definition) is 2. The number of ether oxygens (including phenoxy) is 1. The SMILES string of the molecule is COc1ccc(C(NC(=O)CCc2nc(C(C)C)no2)C(=O)O)cc1. The molecule has 134 valence electrons. The summed E-state index contributed by atoms with van der Waals surface area (Å²) in [5.74, 6) is 0.132. The van der Waals surface area contributed by atoms with Crippen LogP contribution < -0.4 is 10.1 Å². The molecule has 0 radical (unpaired) electrons. The Bertz CT molecular complexity index is 724. The van der Waals surface area contributed by atoms with Gasteiger partial charge >= 0.3 is 5.97 Å². The summed E-state index contributed by atoms with van der Waals surface area (Å²) in [5.41, 5.74) is 0.460. The molecule has 1 aromatic carbocycles. The second-order valence-corrected chi connectivity index (χ2v) is 5.81.